The summed E-state index contributed by atoms with van der Waals surface area (Å²) < 4.78 is 4.76. The Labute approximate surface area is 142 Å². The lowest BCUT2D eigenvalue weighted by Gasteiger charge is -2.13. The third kappa shape index (κ3) is 13.3. The average molecular weight is 328 g/mol. The highest BCUT2D eigenvalue weighted by atomic mass is 16.6. The van der Waals surface area contributed by atoms with E-state index in [9.17, 15) is 9.59 Å². The van der Waals surface area contributed by atoms with Crippen LogP contribution >= 0.6 is 0 Å². The highest BCUT2D eigenvalue weighted by Crippen LogP contribution is 2.12. The summed E-state index contributed by atoms with van der Waals surface area (Å²) in [7, 11) is 0. The zero-order chi connectivity index (χ0) is 17.5. The molecule has 0 aliphatic carbocycles. The summed E-state index contributed by atoms with van der Waals surface area (Å²) in [5.41, 5.74) is 5.64. The van der Waals surface area contributed by atoms with Crippen molar-refractivity contribution in [3.8, 4) is 0 Å². The molecule has 0 fully saturated rings. The van der Waals surface area contributed by atoms with Gasteiger partial charge < -0.3 is 10.5 Å². The van der Waals surface area contributed by atoms with Gasteiger partial charge in [-0.05, 0) is 12.3 Å². The molecule has 0 aliphatic heterocycles. The molecule has 0 spiro atoms. The van der Waals surface area contributed by atoms with Crippen molar-refractivity contribution < 1.29 is 14.3 Å². The Morgan fingerprint density at radius 2 is 1.26 bits per heavy atom. The Bertz CT molecular complexity index is 316. The molecule has 0 aromatic heterocycles. The lowest BCUT2D eigenvalue weighted by molar-refractivity contribution is -0.161. The summed E-state index contributed by atoms with van der Waals surface area (Å²) in [5, 5.41) is 0. The monoisotopic (exact) mass is 327 g/mol. The van der Waals surface area contributed by atoms with Crippen LogP contribution in [0.5, 0.6) is 0 Å². The van der Waals surface area contributed by atoms with Gasteiger partial charge in [0.1, 0.15) is 6.04 Å². The van der Waals surface area contributed by atoms with E-state index in [-0.39, 0.29) is 5.92 Å². The first-order chi connectivity index (χ1) is 11.0. The molecule has 0 rings (SSSR count). The van der Waals surface area contributed by atoms with Crippen molar-refractivity contribution in [1.29, 1.82) is 0 Å². The summed E-state index contributed by atoms with van der Waals surface area (Å²) in [6.45, 7) is 5.91. The van der Waals surface area contributed by atoms with E-state index in [1.165, 1.54) is 51.4 Å². The molecule has 2 N–H and O–H groups in total. The van der Waals surface area contributed by atoms with E-state index < -0.39 is 18.0 Å². The van der Waals surface area contributed by atoms with Gasteiger partial charge in [-0.15, -0.1) is 0 Å². The van der Waals surface area contributed by atoms with E-state index in [2.05, 4.69) is 6.92 Å². The molecule has 0 amide bonds. The first-order valence-electron chi connectivity index (χ1n) is 9.49. The highest BCUT2D eigenvalue weighted by molar-refractivity contribution is 5.88. The Morgan fingerprint density at radius 1 is 0.826 bits per heavy atom. The topological polar surface area (TPSA) is 69.4 Å². The van der Waals surface area contributed by atoms with Crippen LogP contribution in [0.15, 0.2) is 0 Å². The molecule has 0 saturated heterocycles. The van der Waals surface area contributed by atoms with Crippen molar-refractivity contribution in [1.82, 2.24) is 0 Å². The number of ether oxygens (including phenoxy) is 1. The Kier molecular flexibility index (Phi) is 14.1. The van der Waals surface area contributed by atoms with Gasteiger partial charge in [0.2, 0.25) is 0 Å². The highest BCUT2D eigenvalue weighted by Gasteiger charge is 2.21. The van der Waals surface area contributed by atoms with Crippen LogP contribution in [0.4, 0.5) is 0 Å². The van der Waals surface area contributed by atoms with Gasteiger partial charge >= 0.3 is 11.9 Å². The van der Waals surface area contributed by atoms with Crippen molar-refractivity contribution >= 4 is 11.9 Å². The number of carbonyl (C=O) groups is 2. The predicted molar refractivity (Wildman–Crippen MR) is 95.0 cm³/mol. The molecule has 0 aliphatic rings. The van der Waals surface area contributed by atoms with Gasteiger partial charge in [0.05, 0.1) is 0 Å². The minimum Gasteiger partial charge on any atom is -0.392 e. The second-order valence-electron chi connectivity index (χ2n) is 6.85. The number of nitrogens with two attached hydrogens (primary N) is 1. The van der Waals surface area contributed by atoms with Crippen molar-refractivity contribution in [2.45, 2.75) is 104 Å². The van der Waals surface area contributed by atoms with Crippen LogP contribution in [-0.4, -0.2) is 18.0 Å². The zero-order valence-electron chi connectivity index (χ0n) is 15.4. The molecule has 0 saturated carbocycles. The van der Waals surface area contributed by atoms with Crippen LogP contribution in [-0.2, 0) is 14.3 Å². The maximum atomic E-state index is 11.5. The van der Waals surface area contributed by atoms with Gasteiger partial charge in [0.25, 0.3) is 0 Å². The molecular weight excluding hydrogens is 290 g/mol. The Balaban J connectivity index is 3.41. The number of carbonyl (C=O) groups excluding carboxylic acids is 2. The van der Waals surface area contributed by atoms with Gasteiger partial charge in [-0.25, -0.2) is 4.79 Å². The number of unbranched alkanes of at least 4 members (excludes halogenated alkanes) is 10. The fraction of sp³-hybridized carbons (Fsp3) is 0.895. The number of rotatable bonds is 14. The minimum atomic E-state index is -0.712. The average Bonchev–Trinajstić information content (AvgIpc) is 2.51. The van der Waals surface area contributed by atoms with Crippen molar-refractivity contribution in [2.75, 3.05) is 0 Å². The van der Waals surface area contributed by atoms with Gasteiger partial charge in [0, 0.05) is 6.42 Å². The lowest BCUT2D eigenvalue weighted by Crippen LogP contribution is -2.38. The maximum absolute atomic E-state index is 11.5. The smallest absolute Gasteiger partial charge is 0.330 e. The summed E-state index contributed by atoms with van der Waals surface area (Å²) in [6.07, 6.45) is 13.9. The first-order valence-corrected chi connectivity index (χ1v) is 9.49. The molecule has 0 aromatic carbocycles. The molecule has 0 heterocycles. The standard InChI is InChI=1S/C19H37NO3/c1-4-5-6-7-8-9-10-11-12-13-14-15-17(21)23-19(22)18(20)16(2)3/h16,18H,4-15,20H2,1-3H3/t18-/m0/s1. The molecule has 0 aromatic rings. The fourth-order valence-electron chi connectivity index (χ4n) is 2.44. The number of hydrogen-bond acceptors (Lipinski definition) is 4. The zero-order valence-corrected chi connectivity index (χ0v) is 15.4. The van der Waals surface area contributed by atoms with E-state index in [0.717, 1.165) is 19.3 Å². The van der Waals surface area contributed by atoms with E-state index in [0.29, 0.717) is 6.42 Å². The van der Waals surface area contributed by atoms with E-state index >= 15 is 0 Å². The van der Waals surface area contributed by atoms with Crippen LogP contribution in [0, 0.1) is 5.92 Å². The van der Waals surface area contributed by atoms with Gasteiger partial charge in [0.15, 0.2) is 0 Å². The van der Waals surface area contributed by atoms with Crippen LogP contribution in [0.2, 0.25) is 0 Å². The largest absolute Gasteiger partial charge is 0.392 e. The maximum Gasteiger partial charge on any atom is 0.330 e. The quantitative estimate of drug-likeness (QED) is 0.284. The van der Waals surface area contributed by atoms with Gasteiger partial charge in [-0.1, -0.05) is 85.0 Å². The Morgan fingerprint density at radius 3 is 1.70 bits per heavy atom. The van der Waals surface area contributed by atoms with Crippen LogP contribution < -0.4 is 5.73 Å². The van der Waals surface area contributed by atoms with E-state index in [4.69, 9.17) is 10.5 Å². The van der Waals surface area contributed by atoms with Crippen LogP contribution in [0.1, 0.15) is 97.8 Å². The van der Waals surface area contributed by atoms with Crippen LogP contribution in [0.3, 0.4) is 0 Å². The molecule has 136 valence electrons. The summed E-state index contributed by atoms with van der Waals surface area (Å²) in [5.74, 6) is -1.06. The lowest BCUT2D eigenvalue weighted by atomic mass is 10.1. The molecular formula is C19H37NO3. The molecule has 4 nitrogen and oxygen atoms in total. The summed E-state index contributed by atoms with van der Waals surface area (Å²) in [4.78, 5) is 23.1. The normalized spacial score (nSPS) is 12.4. The van der Waals surface area contributed by atoms with Gasteiger partial charge in [-0.3, -0.25) is 4.79 Å². The van der Waals surface area contributed by atoms with Crippen LogP contribution in [0.25, 0.3) is 0 Å². The van der Waals surface area contributed by atoms with Crippen molar-refractivity contribution in [2.24, 2.45) is 11.7 Å². The molecule has 0 radical (unpaired) electrons. The SMILES string of the molecule is CCCCCCCCCCCCCC(=O)OC(=O)[C@@H](N)C(C)C. The number of esters is 2. The third-order valence-electron chi connectivity index (χ3n) is 4.19. The van der Waals surface area contributed by atoms with Crippen molar-refractivity contribution in [3.05, 3.63) is 0 Å². The first kappa shape index (κ1) is 22.1. The van der Waals surface area contributed by atoms with Gasteiger partial charge in [-0.2, -0.15) is 0 Å². The summed E-state index contributed by atoms with van der Waals surface area (Å²) in [6, 6.07) is -0.712. The molecule has 1 atom stereocenters. The second kappa shape index (κ2) is 14.7. The number of hydrogen-bond donors (Lipinski definition) is 1. The van der Waals surface area contributed by atoms with E-state index in [1.54, 1.807) is 0 Å². The van der Waals surface area contributed by atoms with E-state index in [1.807, 2.05) is 13.8 Å². The third-order valence-corrected chi connectivity index (χ3v) is 4.19. The Hall–Kier alpha value is -0.900. The molecule has 0 unspecified atom stereocenters. The molecule has 23 heavy (non-hydrogen) atoms. The molecule has 0 bridgehead atoms. The minimum absolute atomic E-state index is 0.0164. The fourth-order valence-corrected chi connectivity index (χ4v) is 2.44. The second-order valence-corrected chi connectivity index (χ2v) is 6.85. The van der Waals surface area contributed by atoms with Crippen molar-refractivity contribution in [3.63, 3.8) is 0 Å². The molecule has 4 heteroatoms. The predicted octanol–water partition coefficient (Wildman–Crippen LogP) is 4.74. The summed E-state index contributed by atoms with van der Waals surface area (Å²) >= 11 is 0.